The Morgan fingerprint density at radius 3 is 2.28 bits per heavy atom. The molecule has 0 bridgehead atoms. The van der Waals surface area contributed by atoms with Crippen LogP contribution in [-0.4, -0.2) is 73.7 Å². The Morgan fingerprint density at radius 1 is 1.22 bits per heavy atom. The van der Waals surface area contributed by atoms with Crippen LogP contribution in [0.15, 0.2) is 30.3 Å². The Balaban J connectivity index is 0.000000390. The topological polar surface area (TPSA) is 159 Å². The lowest BCUT2D eigenvalue weighted by Crippen LogP contribution is -2.70. The fourth-order valence-corrected chi connectivity index (χ4v) is 4.94. The van der Waals surface area contributed by atoms with Gasteiger partial charge in [0.15, 0.2) is 6.61 Å². The maximum absolute atomic E-state index is 12.2. The number of carbonyl (C=O) groups is 4. The highest BCUT2D eigenvalue weighted by Crippen LogP contribution is 2.50. The summed E-state index contributed by atoms with van der Waals surface area (Å²) in [5.41, 5.74) is 5.16. The van der Waals surface area contributed by atoms with Gasteiger partial charge in [-0.2, -0.15) is 0 Å². The van der Waals surface area contributed by atoms with E-state index in [1.165, 1.54) is 16.7 Å². The normalized spacial score (nSPS) is 23.9. The number of hydrogen-bond donors (Lipinski definition) is 4. The number of benzene rings is 1. The summed E-state index contributed by atoms with van der Waals surface area (Å²) in [5.74, 6) is -2.14. The number of amides is 2. The molecule has 10 nitrogen and oxygen atoms in total. The molecule has 176 valence electrons. The van der Waals surface area contributed by atoms with Crippen molar-refractivity contribution in [3.8, 4) is 5.75 Å². The van der Waals surface area contributed by atoms with Crippen LogP contribution in [0.2, 0.25) is 0 Å². The number of thioether (sulfide) groups is 1. The van der Waals surface area contributed by atoms with Crippen molar-refractivity contribution in [2.75, 3.05) is 6.61 Å². The molecule has 2 saturated heterocycles. The van der Waals surface area contributed by atoms with E-state index in [1.807, 2.05) is 6.07 Å². The Bertz CT molecular complexity index is 862. The molecule has 0 radical (unpaired) electrons. The molecule has 2 fully saturated rings. The van der Waals surface area contributed by atoms with Crippen molar-refractivity contribution in [3.63, 3.8) is 0 Å². The maximum atomic E-state index is 12.2. The van der Waals surface area contributed by atoms with Gasteiger partial charge in [0.1, 0.15) is 29.2 Å². The van der Waals surface area contributed by atoms with Crippen LogP contribution in [0.5, 0.6) is 5.75 Å². The highest BCUT2D eigenvalue weighted by atomic mass is 32.2. The molecule has 2 aliphatic heterocycles. The molecule has 2 amide bonds. The summed E-state index contributed by atoms with van der Waals surface area (Å²) in [6, 6.07) is 6.60. The average molecular weight is 468 g/mol. The zero-order chi connectivity index (χ0) is 24.2. The van der Waals surface area contributed by atoms with Crippen molar-refractivity contribution in [1.29, 1.82) is 0 Å². The number of nitrogens with two attached hydrogens (primary N) is 1. The number of hydrogen-bond acceptors (Lipinski definition) is 7. The van der Waals surface area contributed by atoms with E-state index in [0.717, 1.165) is 0 Å². The zero-order valence-corrected chi connectivity index (χ0v) is 19.2. The lowest BCUT2D eigenvalue weighted by Gasteiger charge is -2.43. The number of aliphatic carboxylic acids is 2. The van der Waals surface area contributed by atoms with Crippen LogP contribution in [0, 0.1) is 5.92 Å². The standard InChI is InChI=1S/C16H18N2O5S.C5H11NO2/c1-16(2)12(15(21)22)18-13(20)11(14(18)24-16)17-10(19)8-23-9-6-4-3-5-7-9;1-3(2)4(6)5(7)8/h3-7,11-12,14H,8H2,1-2H3,(H,17,19)(H,21,22);3-4H,6H2,1-2H3,(H,7,8)/t11-,12+,14-;4-/m10/s1. The highest BCUT2D eigenvalue weighted by molar-refractivity contribution is 8.01. The number of β-lactam (4-membered cyclic amide) rings is 1. The van der Waals surface area contributed by atoms with Crippen LogP contribution in [0.3, 0.4) is 0 Å². The van der Waals surface area contributed by atoms with Crippen LogP contribution in [-0.2, 0) is 19.2 Å². The van der Waals surface area contributed by atoms with Crippen LogP contribution in [0.4, 0.5) is 0 Å². The number of para-hydroxylation sites is 1. The summed E-state index contributed by atoms with van der Waals surface area (Å²) in [6.07, 6.45) is 0. The van der Waals surface area contributed by atoms with Crippen LogP contribution >= 0.6 is 11.8 Å². The molecular weight excluding hydrogens is 438 g/mol. The lowest BCUT2D eigenvalue weighted by molar-refractivity contribution is -0.161. The van der Waals surface area contributed by atoms with Gasteiger partial charge >= 0.3 is 11.9 Å². The first-order chi connectivity index (χ1) is 14.9. The number of carboxylic acid groups (broad SMARTS) is 2. The SMILES string of the molecule is CC(C)[C@H](N)C(=O)O.CC1(C)S[C@@H]2[C@H](NC(=O)COc3ccccc3)C(=O)N2[C@H]1C(=O)O. The Labute approximate surface area is 190 Å². The van der Waals surface area contributed by atoms with Gasteiger partial charge in [0.2, 0.25) is 5.91 Å². The van der Waals surface area contributed by atoms with Crippen molar-refractivity contribution in [2.24, 2.45) is 11.7 Å². The number of fused-ring (bicyclic) bond motifs is 1. The number of nitrogens with zero attached hydrogens (tertiary/aromatic N) is 1. The molecule has 0 spiro atoms. The quantitative estimate of drug-likeness (QED) is 0.424. The largest absolute Gasteiger partial charge is 0.484 e. The van der Waals surface area contributed by atoms with Crippen LogP contribution in [0.25, 0.3) is 0 Å². The number of carbonyl (C=O) groups excluding carboxylic acids is 2. The first-order valence-electron chi connectivity index (χ1n) is 10.0. The first-order valence-corrected chi connectivity index (χ1v) is 10.9. The smallest absolute Gasteiger partial charge is 0.327 e. The van der Waals surface area contributed by atoms with Gasteiger partial charge in [-0.05, 0) is 31.9 Å². The third-order valence-corrected chi connectivity index (χ3v) is 6.68. The number of nitrogens with one attached hydrogen (secondary N) is 1. The van der Waals surface area contributed by atoms with E-state index in [0.29, 0.717) is 5.75 Å². The van der Waals surface area contributed by atoms with E-state index in [1.54, 1.807) is 52.0 Å². The Kier molecular flexibility index (Phi) is 8.13. The minimum atomic E-state index is -1.03. The second-order valence-corrected chi connectivity index (χ2v) is 10.1. The summed E-state index contributed by atoms with van der Waals surface area (Å²) >= 11 is 1.39. The Morgan fingerprint density at radius 2 is 1.81 bits per heavy atom. The molecule has 1 aromatic carbocycles. The molecule has 0 aliphatic carbocycles. The fourth-order valence-electron chi connectivity index (χ4n) is 3.31. The first kappa shape index (κ1) is 25.5. The number of carboxylic acids is 2. The second-order valence-electron chi connectivity index (χ2n) is 8.35. The molecule has 11 heteroatoms. The van der Waals surface area contributed by atoms with E-state index in [4.69, 9.17) is 15.6 Å². The predicted molar refractivity (Wildman–Crippen MR) is 118 cm³/mol. The van der Waals surface area contributed by atoms with Crippen molar-refractivity contribution in [2.45, 2.75) is 55.9 Å². The molecule has 0 unspecified atom stereocenters. The third-order valence-electron chi connectivity index (χ3n) is 5.11. The number of rotatable bonds is 7. The van der Waals surface area contributed by atoms with Gasteiger partial charge < -0.3 is 30.9 Å². The summed E-state index contributed by atoms with van der Waals surface area (Å²) in [4.78, 5) is 47.0. The summed E-state index contributed by atoms with van der Waals surface area (Å²) in [7, 11) is 0. The molecule has 2 aliphatic rings. The summed E-state index contributed by atoms with van der Waals surface area (Å²) in [6.45, 7) is 6.94. The van der Waals surface area contributed by atoms with E-state index in [9.17, 15) is 24.3 Å². The van der Waals surface area contributed by atoms with Crippen LogP contribution in [0.1, 0.15) is 27.7 Å². The van der Waals surface area contributed by atoms with E-state index in [2.05, 4.69) is 5.32 Å². The summed E-state index contributed by atoms with van der Waals surface area (Å²) in [5, 5.41) is 19.9. The summed E-state index contributed by atoms with van der Waals surface area (Å²) < 4.78 is 4.74. The second kappa shape index (κ2) is 10.2. The number of ether oxygens (including phenoxy) is 1. The van der Waals surface area contributed by atoms with Gasteiger partial charge in [-0.1, -0.05) is 32.0 Å². The molecule has 0 aromatic heterocycles. The van der Waals surface area contributed by atoms with E-state index >= 15 is 0 Å². The Hall–Kier alpha value is -2.79. The molecular formula is C21H29N3O7S. The molecule has 4 atom stereocenters. The van der Waals surface area contributed by atoms with Gasteiger partial charge in [-0.3, -0.25) is 14.4 Å². The third kappa shape index (κ3) is 5.71. The molecule has 5 N–H and O–H groups in total. The highest BCUT2D eigenvalue weighted by Gasteiger charge is 2.64. The van der Waals surface area contributed by atoms with Crippen molar-refractivity contribution in [1.82, 2.24) is 10.2 Å². The van der Waals surface area contributed by atoms with Crippen molar-refractivity contribution < 1.29 is 34.1 Å². The molecule has 0 saturated carbocycles. The average Bonchev–Trinajstić information content (AvgIpc) is 2.99. The zero-order valence-electron chi connectivity index (χ0n) is 18.3. The van der Waals surface area contributed by atoms with E-state index in [-0.39, 0.29) is 23.8 Å². The van der Waals surface area contributed by atoms with Gasteiger partial charge in [-0.25, -0.2) is 4.79 Å². The van der Waals surface area contributed by atoms with E-state index < -0.39 is 40.7 Å². The molecule has 32 heavy (non-hydrogen) atoms. The van der Waals surface area contributed by atoms with Crippen molar-refractivity contribution in [3.05, 3.63) is 30.3 Å². The fraction of sp³-hybridized carbons (Fsp3) is 0.524. The molecule has 2 heterocycles. The van der Waals surface area contributed by atoms with Gasteiger partial charge in [-0.15, -0.1) is 11.8 Å². The minimum Gasteiger partial charge on any atom is -0.484 e. The minimum absolute atomic E-state index is 0.0208. The monoisotopic (exact) mass is 467 g/mol. The van der Waals surface area contributed by atoms with Gasteiger partial charge in [0.05, 0.1) is 0 Å². The van der Waals surface area contributed by atoms with Gasteiger partial charge in [0, 0.05) is 4.75 Å². The molecule has 3 rings (SSSR count). The van der Waals surface area contributed by atoms with Crippen molar-refractivity contribution >= 4 is 35.5 Å². The lowest BCUT2D eigenvalue weighted by atomic mass is 9.96. The predicted octanol–water partition coefficient (Wildman–Crippen LogP) is 0.751. The van der Waals surface area contributed by atoms with Crippen LogP contribution < -0.4 is 15.8 Å². The van der Waals surface area contributed by atoms with Gasteiger partial charge in [0.25, 0.3) is 5.91 Å². The molecule has 1 aromatic rings. The maximum Gasteiger partial charge on any atom is 0.327 e.